The molecular weight excluding hydrogens is 230 g/mol. The molecular formula is C13H23N3S. The number of aliphatic imine (C=N–C) groups is 1. The summed E-state index contributed by atoms with van der Waals surface area (Å²) in [6, 6.07) is 2.12. The van der Waals surface area contributed by atoms with Crippen molar-refractivity contribution < 1.29 is 0 Å². The van der Waals surface area contributed by atoms with E-state index in [2.05, 4.69) is 53.2 Å². The van der Waals surface area contributed by atoms with E-state index in [4.69, 9.17) is 0 Å². The molecule has 0 aromatic carbocycles. The van der Waals surface area contributed by atoms with Crippen molar-refractivity contribution in [3.05, 3.63) is 22.4 Å². The van der Waals surface area contributed by atoms with Crippen LogP contribution in [0, 0.1) is 5.92 Å². The monoisotopic (exact) mass is 253 g/mol. The molecule has 0 spiro atoms. The molecule has 0 aliphatic heterocycles. The highest BCUT2D eigenvalue weighted by molar-refractivity contribution is 7.07. The van der Waals surface area contributed by atoms with Crippen LogP contribution in [0.2, 0.25) is 0 Å². The van der Waals surface area contributed by atoms with Crippen molar-refractivity contribution in [3.8, 4) is 0 Å². The lowest BCUT2D eigenvalue weighted by Gasteiger charge is -2.12. The topological polar surface area (TPSA) is 36.4 Å². The largest absolute Gasteiger partial charge is 0.357 e. The van der Waals surface area contributed by atoms with Crippen LogP contribution in [0.15, 0.2) is 21.8 Å². The van der Waals surface area contributed by atoms with Crippen molar-refractivity contribution >= 4 is 17.3 Å². The Hall–Kier alpha value is -1.03. The molecule has 4 heteroatoms. The van der Waals surface area contributed by atoms with Gasteiger partial charge in [-0.3, -0.25) is 0 Å². The Bertz CT molecular complexity index is 317. The van der Waals surface area contributed by atoms with E-state index < -0.39 is 0 Å². The predicted octanol–water partition coefficient (Wildman–Crippen LogP) is 2.85. The third-order valence-electron chi connectivity index (χ3n) is 2.36. The summed E-state index contributed by atoms with van der Waals surface area (Å²) in [6.07, 6.45) is 1.17. The molecule has 0 saturated carbocycles. The molecule has 0 atom stereocenters. The Morgan fingerprint density at radius 2 is 2.24 bits per heavy atom. The van der Waals surface area contributed by atoms with E-state index in [9.17, 15) is 0 Å². The van der Waals surface area contributed by atoms with Crippen molar-refractivity contribution in [1.29, 1.82) is 0 Å². The predicted molar refractivity (Wildman–Crippen MR) is 76.6 cm³/mol. The summed E-state index contributed by atoms with van der Waals surface area (Å²) in [7, 11) is 0. The summed E-state index contributed by atoms with van der Waals surface area (Å²) in [5.41, 5.74) is 1.27. The van der Waals surface area contributed by atoms with Gasteiger partial charge in [-0.15, -0.1) is 0 Å². The second kappa shape index (κ2) is 8.12. The summed E-state index contributed by atoms with van der Waals surface area (Å²) in [5, 5.41) is 10.8. The van der Waals surface area contributed by atoms with E-state index in [1.807, 2.05) is 0 Å². The first-order valence-electron chi connectivity index (χ1n) is 6.25. The summed E-state index contributed by atoms with van der Waals surface area (Å²) >= 11 is 1.72. The number of rotatable bonds is 6. The van der Waals surface area contributed by atoms with E-state index in [0.29, 0.717) is 0 Å². The minimum atomic E-state index is 0.724. The van der Waals surface area contributed by atoms with Crippen LogP contribution in [-0.2, 0) is 6.54 Å². The van der Waals surface area contributed by atoms with Crippen LogP contribution in [0.5, 0.6) is 0 Å². The van der Waals surface area contributed by atoms with Gasteiger partial charge in [0.15, 0.2) is 5.96 Å². The van der Waals surface area contributed by atoms with E-state index in [1.165, 1.54) is 12.0 Å². The molecule has 0 fully saturated rings. The molecule has 0 amide bonds. The molecule has 1 aromatic heterocycles. The van der Waals surface area contributed by atoms with Gasteiger partial charge in [-0.25, -0.2) is 4.99 Å². The van der Waals surface area contributed by atoms with Crippen molar-refractivity contribution in [2.24, 2.45) is 10.9 Å². The molecule has 0 radical (unpaired) electrons. The van der Waals surface area contributed by atoms with E-state index >= 15 is 0 Å². The van der Waals surface area contributed by atoms with E-state index in [0.717, 1.165) is 31.5 Å². The number of nitrogens with one attached hydrogen (secondary N) is 2. The average molecular weight is 253 g/mol. The molecule has 1 heterocycles. The van der Waals surface area contributed by atoms with Gasteiger partial charge < -0.3 is 10.6 Å². The van der Waals surface area contributed by atoms with Gasteiger partial charge in [0.2, 0.25) is 0 Å². The minimum Gasteiger partial charge on any atom is -0.357 e. The first-order valence-corrected chi connectivity index (χ1v) is 7.20. The van der Waals surface area contributed by atoms with Crippen LogP contribution in [0.4, 0.5) is 0 Å². The highest BCUT2D eigenvalue weighted by Gasteiger charge is 1.98. The first-order chi connectivity index (χ1) is 8.22. The normalized spacial score (nSPS) is 11.9. The average Bonchev–Trinajstić information content (AvgIpc) is 2.78. The lowest BCUT2D eigenvalue weighted by molar-refractivity contribution is 0.573. The maximum atomic E-state index is 4.55. The van der Waals surface area contributed by atoms with Gasteiger partial charge in [-0.1, -0.05) is 13.8 Å². The molecule has 1 rings (SSSR count). The van der Waals surface area contributed by atoms with Crippen LogP contribution in [0.1, 0.15) is 32.8 Å². The standard InChI is InChI=1S/C13H23N3S/c1-4-14-13(15-7-5-11(2)3)16-9-12-6-8-17-10-12/h6,8,10-11H,4-5,7,9H2,1-3H3,(H2,14,15,16). The second-order valence-electron chi connectivity index (χ2n) is 4.44. The van der Waals surface area contributed by atoms with Crippen LogP contribution < -0.4 is 10.6 Å². The minimum absolute atomic E-state index is 0.724. The van der Waals surface area contributed by atoms with Gasteiger partial charge in [0.1, 0.15) is 0 Å². The fourth-order valence-electron chi connectivity index (χ4n) is 1.37. The van der Waals surface area contributed by atoms with Crippen LogP contribution in [-0.4, -0.2) is 19.0 Å². The van der Waals surface area contributed by atoms with Crippen LogP contribution >= 0.6 is 11.3 Å². The number of hydrogen-bond donors (Lipinski definition) is 2. The number of thiophene rings is 1. The van der Waals surface area contributed by atoms with Crippen molar-refractivity contribution in [2.75, 3.05) is 13.1 Å². The summed E-state index contributed by atoms with van der Waals surface area (Å²) in [4.78, 5) is 4.55. The summed E-state index contributed by atoms with van der Waals surface area (Å²) in [5.74, 6) is 1.64. The Labute approximate surface area is 108 Å². The number of guanidine groups is 1. The Kier molecular flexibility index (Phi) is 6.70. The van der Waals surface area contributed by atoms with Gasteiger partial charge in [-0.2, -0.15) is 11.3 Å². The fraction of sp³-hybridized carbons (Fsp3) is 0.615. The highest BCUT2D eigenvalue weighted by Crippen LogP contribution is 2.06. The van der Waals surface area contributed by atoms with Crippen molar-refractivity contribution in [2.45, 2.75) is 33.7 Å². The molecule has 0 unspecified atom stereocenters. The number of hydrogen-bond acceptors (Lipinski definition) is 2. The van der Waals surface area contributed by atoms with Gasteiger partial charge in [0.25, 0.3) is 0 Å². The molecule has 96 valence electrons. The van der Waals surface area contributed by atoms with Crippen molar-refractivity contribution in [1.82, 2.24) is 10.6 Å². The van der Waals surface area contributed by atoms with Crippen molar-refractivity contribution in [3.63, 3.8) is 0 Å². The smallest absolute Gasteiger partial charge is 0.191 e. The van der Waals surface area contributed by atoms with E-state index in [-0.39, 0.29) is 0 Å². The second-order valence-corrected chi connectivity index (χ2v) is 5.22. The lowest BCUT2D eigenvalue weighted by Crippen LogP contribution is -2.38. The summed E-state index contributed by atoms with van der Waals surface area (Å²) < 4.78 is 0. The number of nitrogens with zero attached hydrogens (tertiary/aromatic N) is 1. The van der Waals surface area contributed by atoms with Gasteiger partial charge in [0, 0.05) is 13.1 Å². The molecule has 17 heavy (non-hydrogen) atoms. The zero-order valence-electron chi connectivity index (χ0n) is 11.0. The van der Waals surface area contributed by atoms with Gasteiger partial charge in [0.05, 0.1) is 6.54 Å². The van der Waals surface area contributed by atoms with E-state index in [1.54, 1.807) is 11.3 Å². The summed E-state index contributed by atoms with van der Waals surface area (Å²) in [6.45, 7) is 9.18. The maximum Gasteiger partial charge on any atom is 0.191 e. The third kappa shape index (κ3) is 6.31. The first kappa shape index (κ1) is 14.0. The lowest BCUT2D eigenvalue weighted by atomic mass is 10.1. The molecule has 0 aliphatic carbocycles. The SMILES string of the molecule is CCNC(=NCc1ccsc1)NCCC(C)C. The maximum absolute atomic E-state index is 4.55. The van der Waals surface area contributed by atoms with Crippen LogP contribution in [0.25, 0.3) is 0 Å². The molecule has 1 aromatic rings. The van der Waals surface area contributed by atoms with Gasteiger partial charge >= 0.3 is 0 Å². The zero-order valence-corrected chi connectivity index (χ0v) is 11.8. The Morgan fingerprint density at radius 1 is 1.41 bits per heavy atom. The highest BCUT2D eigenvalue weighted by atomic mass is 32.1. The molecule has 0 bridgehead atoms. The molecule has 0 aliphatic rings. The quantitative estimate of drug-likeness (QED) is 0.604. The fourth-order valence-corrected chi connectivity index (χ4v) is 2.03. The molecule has 0 saturated heterocycles. The van der Waals surface area contributed by atoms with Crippen LogP contribution in [0.3, 0.4) is 0 Å². The third-order valence-corrected chi connectivity index (χ3v) is 3.09. The Balaban J connectivity index is 2.38. The zero-order chi connectivity index (χ0) is 12.5. The molecule has 2 N–H and O–H groups in total. The Morgan fingerprint density at radius 3 is 2.82 bits per heavy atom. The van der Waals surface area contributed by atoms with Gasteiger partial charge in [-0.05, 0) is 41.7 Å². The molecule has 3 nitrogen and oxygen atoms in total.